The fourth-order valence-electron chi connectivity index (χ4n) is 10.5. The monoisotopic (exact) mass is 1310 g/mol. The van der Waals surface area contributed by atoms with Gasteiger partial charge in [-0.3, -0.25) is 37.3 Å². The van der Waals surface area contributed by atoms with Crippen molar-refractivity contribution in [1.82, 2.24) is 0 Å². The number of hydrogen-bond donors (Lipinski definition) is 3. The Bertz CT molecular complexity index is 1740. The average molecular weight is 1310 g/mol. The molecule has 0 aromatic rings. The minimum atomic E-state index is -4.95. The molecule has 0 aliphatic carbocycles. The highest BCUT2D eigenvalue weighted by Gasteiger charge is 2.30. The second kappa shape index (κ2) is 62.2. The van der Waals surface area contributed by atoms with E-state index in [4.69, 9.17) is 37.0 Å². The zero-order valence-corrected chi connectivity index (χ0v) is 59.5. The molecule has 0 heterocycles. The Morgan fingerprint density at radius 2 is 0.539 bits per heavy atom. The molecule has 89 heavy (non-hydrogen) atoms. The smallest absolute Gasteiger partial charge is 0.462 e. The number of hydrogen-bond acceptors (Lipinski definition) is 15. The van der Waals surface area contributed by atoms with Gasteiger partial charge in [0.25, 0.3) is 0 Å². The first-order chi connectivity index (χ1) is 42.9. The number of ether oxygens (including phenoxy) is 4. The highest BCUT2D eigenvalue weighted by atomic mass is 31.2. The minimum Gasteiger partial charge on any atom is -0.462 e. The van der Waals surface area contributed by atoms with Crippen molar-refractivity contribution in [2.24, 2.45) is 11.8 Å². The van der Waals surface area contributed by atoms with Crippen molar-refractivity contribution in [2.45, 2.75) is 374 Å². The van der Waals surface area contributed by atoms with Crippen LogP contribution < -0.4 is 0 Å². The molecular weight excluding hydrogens is 1170 g/mol. The number of phosphoric ester groups is 2. The van der Waals surface area contributed by atoms with E-state index < -0.39 is 97.5 Å². The molecule has 0 aliphatic heterocycles. The molecule has 0 aromatic carbocycles. The second-order valence-corrected chi connectivity index (χ2v) is 28.7. The Hall–Kier alpha value is -1.94. The number of rotatable bonds is 69. The van der Waals surface area contributed by atoms with Crippen LogP contribution in [0.25, 0.3) is 0 Å². The third-order valence-electron chi connectivity index (χ3n) is 16.9. The first kappa shape index (κ1) is 87.1. The lowest BCUT2D eigenvalue weighted by Gasteiger charge is -2.21. The van der Waals surface area contributed by atoms with Crippen LogP contribution in [0.15, 0.2) is 0 Å². The van der Waals surface area contributed by atoms with Gasteiger partial charge in [0.05, 0.1) is 26.4 Å². The van der Waals surface area contributed by atoms with Crippen LogP contribution >= 0.6 is 15.6 Å². The lowest BCUT2D eigenvalue weighted by molar-refractivity contribution is -0.161. The number of phosphoric acid groups is 2. The molecule has 528 valence electrons. The van der Waals surface area contributed by atoms with E-state index in [2.05, 4.69) is 41.5 Å². The van der Waals surface area contributed by atoms with Gasteiger partial charge in [0.1, 0.15) is 19.3 Å². The van der Waals surface area contributed by atoms with E-state index >= 15 is 0 Å². The number of aliphatic hydroxyl groups is 1. The van der Waals surface area contributed by atoms with Crippen molar-refractivity contribution >= 4 is 39.5 Å². The molecule has 0 spiro atoms. The van der Waals surface area contributed by atoms with Gasteiger partial charge in [-0.15, -0.1) is 0 Å². The molecule has 0 fully saturated rings. The zero-order valence-electron chi connectivity index (χ0n) is 57.7. The van der Waals surface area contributed by atoms with Crippen LogP contribution in [0.4, 0.5) is 0 Å². The lowest BCUT2D eigenvalue weighted by atomic mass is 9.99. The molecule has 0 radical (unpaired) electrons. The van der Waals surface area contributed by atoms with Gasteiger partial charge in [-0.1, -0.05) is 305 Å². The second-order valence-electron chi connectivity index (χ2n) is 25.8. The standard InChI is InChI=1S/C70H136O17P2/c1-7-11-13-15-17-19-21-22-23-24-25-31-35-42-48-54-69(74)86-65(58-80-68(73)53-47-41-34-30-27-26-28-32-38-44-50-62(5)9-3)60-84-88(76,77)82-56-64(71)57-83-89(78,79)85-61-66(87-70(75)55-49-43-37-36-39-45-51-63(6)10-4)59-81-67(72)52-46-40-33-29-20-18-16-14-12-8-2/h62-66,71H,7-61H2,1-6H3,(H,76,77)(H,78,79)/t62?,63?,64-,65-,66-/m1/s1. The summed E-state index contributed by atoms with van der Waals surface area (Å²) in [5.74, 6) is -0.596. The van der Waals surface area contributed by atoms with E-state index in [1.807, 2.05) is 0 Å². The summed E-state index contributed by atoms with van der Waals surface area (Å²) in [6.07, 6.45) is 47.1. The average Bonchev–Trinajstić information content (AvgIpc) is 3.73. The van der Waals surface area contributed by atoms with E-state index in [0.29, 0.717) is 25.7 Å². The highest BCUT2D eigenvalue weighted by molar-refractivity contribution is 7.47. The van der Waals surface area contributed by atoms with Crippen LogP contribution in [0.5, 0.6) is 0 Å². The van der Waals surface area contributed by atoms with Crippen LogP contribution in [-0.4, -0.2) is 96.7 Å². The molecule has 3 N–H and O–H groups in total. The molecule has 0 saturated heterocycles. The topological polar surface area (TPSA) is 237 Å². The summed E-state index contributed by atoms with van der Waals surface area (Å²) >= 11 is 0. The van der Waals surface area contributed by atoms with Gasteiger partial charge in [0.2, 0.25) is 0 Å². The molecule has 0 aromatic heterocycles. The molecule has 4 unspecified atom stereocenters. The van der Waals surface area contributed by atoms with Gasteiger partial charge in [-0.05, 0) is 37.5 Å². The lowest BCUT2D eigenvalue weighted by Crippen LogP contribution is -2.30. The third kappa shape index (κ3) is 62.0. The van der Waals surface area contributed by atoms with E-state index in [0.717, 1.165) is 102 Å². The van der Waals surface area contributed by atoms with Crippen molar-refractivity contribution in [2.75, 3.05) is 39.6 Å². The van der Waals surface area contributed by atoms with Gasteiger partial charge >= 0.3 is 39.5 Å². The number of carbonyl (C=O) groups is 4. The van der Waals surface area contributed by atoms with Gasteiger partial charge in [0.15, 0.2) is 12.2 Å². The molecule has 0 bridgehead atoms. The molecule has 0 rings (SSSR count). The molecule has 17 nitrogen and oxygen atoms in total. The van der Waals surface area contributed by atoms with Crippen LogP contribution in [0.2, 0.25) is 0 Å². The van der Waals surface area contributed by atoms with Gasteiger partial charge in [-0.25, -0.2) is 9.13 Å². The fourth-order valence-corrected chi connectivity index (χ4v) is 12.1. The van der Waals surface area contributed by atoms with E-state index in [-0.39, 0.29) is 25.7 Å². The summed E-state index contributed by atoms with van der Waals surface area (Å²) < 4.78 is 68.3. The first-order valence-electron chi connectivity index (χ1n) is 36.6. The van der Waals surface area contributed by atoms with E-state index in [9.17, 15) is 43.2 Å². The SMILES string of the molecule is CCCCCCCCCCCCCCCCCC(=O)O[C@H](COC(=O)CCCCCCCCCCCCC(C)CC)COP(=O)(O)OC[C@@H](O)COP(=O)(O)OC[C@@H](COC(=O)CCCCCCCCCCCC)OC(=O)CCCCCCCCC(C)CC. The van der Waals surface area contributed by atoms with Crippen LogP contribution in [-0.2, 0) is 65.4 Å². The maximum absolute atomic E-state index is 13.0. The summed E-state index contributed by atoms with van der Waals surface area (Å²) in [6.45, 7) is 9.52. The molecule has 7 atom stereocenters. The number of aliphatic hydroxyl groups excluding tert-OH is 1. The van der Waals surface area contributed by atoms with Crippen molar-refractivity contribution in [3.8, 4) is 0 Å². The third-order valence-corrected chi connectivity index (χ3v) is 18.8. The van der Waals surface area contributed by atoms with Crippen molar-refractivity contribution in [3.05, 3.63) is 0 Å². The van der Waals surface area contributed by atoms with Gasteiger partial charge in [-0.2, -0.15) is 0 Å². The molecule has 19 heteroatoms. The Morgan fingerprint density at radius 1 is 0.315 bits per heavy atom. The maximum atomic E-state index is 13.0. The fraction of sp³-hybridized carbons (Fsp3) is 0.943. The summed E-state index contributed by atoms with van der Waals surface area (Å²) in [6, 6.07) is 0. The molecular formula is C70H136O17P2. The number of unbranched alkanes of at least 4 members (excludes halogenated alkanes) is 37. The Morgan fingerprint density at radius 3 is 0.798 bits per heavy atom. The molecule has 0 amide bonds. The number of carbonyl (C=O) groups excluding carboxylic acids is 4. The normalized spacial score (nSPS) is 14.8. The maximum Gasteiger partial charge on any atom is 0.472 e. The molecule has 0 saturated carbocycles. The van der Waals surface area contributed by atoms with Crippen molar-refractivity contribution in [3.63, 3.8) is 0 Å². The summed E-state index contributed by atoms with van der Waals surface area (Å²) in [7, 11) is -9.90. The van der Waals surface area contributed by atoms with Crippen LogP contribution in [0.3, 0.4) is 0 Å². The highest BCUT2D eigenvalue weighted by Crippen LogP contribution is 2.45. The Balaban J connectivity index is 5.25. The predicted octanol–water partition coefficient (Wildman–Crippen LogP) is 20.0. The van der Waals surface area contributed by atoms with Gasteiger partial charge < -0.3 is 33.8 Å². The zero-order chi connectivity index (χ0) is 65.7. The predicted molar refractivity (Wildman–Crippen MR) is 358 cm³/mol. The van der Waals surface area contributed by atoms with Gasteiger partial charge in [0, 0.05) is 25.7 Å². The quantitative estimate of drug-likeness (QED) is 0.0222. The van der Waals surface area contributed by atoms with E-state index in [1.54, 1.807) is 0 Å². The van der Waals surface area contributed by atoms with Crippen molar-refractivity contribution < 1.29 is 80.2 Å². The van der Waals surface area contributed by atoms with Crippen molar-refractivity contribution in [1.29, 1.82) is 0 Å². The number of esters is 4. The largest absolute Gasteiger partial charge is 0.472 e. The summed E-state index contributed by atoms with van der Waals surface area (Å²) in [5.41, 5.74) is 0. The Labute approximate surface area is 543 Å². The Kier molecular flexibility index (Phi) is 60.8. The molecule has 0 aliphatic rings. The summed E-state index contributed by atoms with van der Waals surface area (Å²) in [4.78, 5) is 72.5. The minimum absolute atomic E-state index is 0.103. The van der Waals surface area contributed by atoms with Crippen LogP contribution in [0, 0.1) is 11.8 Å². The first-order valence-corrected chi connectivity index (χ1v) is 39.6. The summed E-state index contributed by atoms with van der Waals surface area (Å²) in [5, 5.41) is 10.6. The van der Waals surface area contributed by atoms with Crippen LogP contribution in [0.1, 0.15) is 356 Å². The van der Waals surface area contributed by atoms with E-state index in [1.165, 1.54) is 173 Å².